The van der Waals surface area contributed by atoms with Crippen LogP contribution in [0.15, 0.2) is 68.7 Å². The number of rotatable bonds is 3. The van der Waals surface area contributed by atoms with Gasteiger partial charge in [-0.1, -0.05) is 46.3 Å². The van der Waals surface area contributed by atoms with Crippen molar-refractivity contribution in [2.45, 2.75) is 0 Å². The molecule has 1 amide bonds. The lowest BCUT2D eigenvalue weighted by Gasteiger charge is -2.20. The second-order valence-electron chi connectivity index (χ2n) is 5.68. The minimum Gasteiger partial charge on any atom is -0.496 e. The van der Waals surface area contributed by atoms with Crippen LogP contribution in [0.5, 0.6) is 5.75 Å². The SMILES string of the molecule is COc1ccc(Br)cc1/C=C1/C(=N)N2N=C(c3ccccc3)SC2=NC1=O. The van der Waals surface area contributed by atoms with Crippen molar-refractivity contribution in [2.75, 3.05) is 7.11 Å². The van der Waals surface area contributed by atoms with E-state index in [1.54, 1.807) is 19.3 Å². The lowest BCUT2D eigenvalue weighted by molar-refractivity contribution is -0.114. The Bertz CT molecular complexity index is 1050. The fourth-order valence-corrected chi connectivity index (χ4v) is 3.94. The van der Waals surface area contributed by atoms with Crippen LogP contribution in [0.2, 0.25) is 0 Å². The molecule has 2 aliphatic heterocycles. The molecule has 0 aliphatic carbocycles. The lowest BCUT2D eigenvalue weighted by Crippen LogP contribution is -2.35. The van der Waals surface area contributed by atoms with E-state index in [9.17, 15) is 4.79 Å². The monoisotopic (exact) mass is 440 g/mol. The normalized spacial score (nSPS) is 17.7. The highest BCUT2D eigenvalue weighted by molar-refractivity contribution is 9.10. The van der Waals surface area contributed by atoms with Gasteiger partial charge < -0.3 is 4.74 Å². The van der Waals surface area contributed by atoms with Crippen molar-refractivity contribution < 1.29 is 9.53 Å². The van der Waals surface area contributed by atoms with Gasteiger partial charge in [0.2, 0.25) is 5.17 Å². The zero-order valence-corrected chi connectivity index (χ0v) is 16.5. The predicted octanol–water partition coefficient (Wildman–Crippen LogP) is 4.13. The van der Waals surface area contributed by atoms with E-state index in [1.165, 1.54) is 16.8 Å². The second kappa shape index (κ2) is 7.13. The number of halogens is 1. The zero-order chi connectivity index (χ0) is 19.0. The number of hydrogen-bond acceptors (Lipinski definition) is 5. The van der Waals surface area contributed by atoms with Crippen molar-refractivity contribution in [2.24, 2.45) is 10.1 Å². The Morgan fingerprint density at radius 1 is 1.22 bits per heavy atom. The summed E-state index contributed by atoms with van der Waals surface area (Å²) in [6, 6.07) is 15.1. The van der Waals surface area contributed by atoms with Crippen LogP contribution < -0.4 is 4.74 Å². The summed E-state index contributed by atoms with van der Waals surface area (Å²) < 4.78 is 6.19. The average molecular weight is 441 g/mol. The first-order valence-electron chi connectivity index (χ1n) is 7.96. The maximum Gasteiger partial charge on any atom is 0.283 e. The smallest absolute Gasteiger partial charge is 0.283 e. The van der Waals surface area contributed by atoms with Crippen LogP contribution in [0.1, 0.15) is 11.1 Å². The van der Waals surface area contributed by atoms with Gasteiger partial charge in [0.25, 0.3) is 5.91 Å². The highest BCUT2D eigenvalue weighted by Gasteiger charge is 2.36. The molecule has 27 heavy (non-hydrogen) atoms. The summed E-state index contributed by atoms with van der Waals surface area (Å²) in [4.78, 5) is 16.7. The van der Waals surface area contributed by atoms with Crippen LogP contribution in [0, 0.1) is 5.41 Å². The first-order chi connectivity index (χ1) is 13.1. The van der Waals surface area contributed by atoms with Gasteiger partial charge in [0, 0.05) is 15.6 Å². The van der Waals surface area contributed by atoms with Gasteiger partial charge in [-0.25, -0.2) is 0 Å². The number of carbonyl (C=O) groups is 1. The number of nitrogens with one attached hydrogen (secondary N) is 1. The molecular formula is C19H13BrN4O2S. The molecule has 0 unspecified atom stereocenters. The Morgan fingerprint density at radius 2 is 2.00 bits per heavy atom. The molecule has 8 heteroatoms. The third kappa shape index (κ3) is 3.33. The highest BCUT2D eigenvalue weighted by atomic mass is 79.9. The number of nitrogens with zero attached hydrogens (tertiary/aromatic N) is 3. The number of thioether (sulfide) groups is 1. The summed E-state index contributed by atoms with van der Waals surface area (Å²) in [6.45, 7) is 0. The van der Waals surface area contributed by atoms with E-state index in [-0.39, 0.29) is 11.4 Å². The van der Waals surface area contributed by atoms with Crippen molar-refractivity contribution in [3.63, 3.8) is 0 Å². The number of hydrazone groups is 1. The summed E-state index contributed by atoms with van der Waals surface area (Å²) in [5, 5.41) is 15.4. The first-order valence-corrected chi connectivity index (χ1v) is 9.57. The molecule has 0 bridgehead atoms. The van der Waals surface area contributed by atoms with Gasteiger partial charge in [0.05, 0.1) is 12.7 Å². The van der Waals surface area contributed by atoms with Crippen molar-refractivity contribution >= 4 is 55.7 Å². The number of fused-ring (bicyclic) bond motifs is 1. The van der Waals surface area contributed by atoms with Gasteiger partial charge in [-0.3, -0.25) is 10.2 Å². The van der Waals surface area contributed by atoms with Gasteiger partial charge >= 0.3 is 0 Å². The number of aliphatic imine (C=N–C) groups is 1. The van der Waals surface area contributed by atoms with Crippen LogP contribution in [0.4, 0.5) is 0 Å². The Kier molecular flexibility index (Phi) is 4.67. The quantitative estimate of drug-likeness (QED) is 0.727. The molecule has 4 rings (SSSR count). The van der Waals surface area contributed by atoms with Gasteiger partial charge in [0.15, 0.2) is 5.84 Å². The van der Waals surface area contributed by atoms with E-state index in [0.717, 1.165) is 10.0 Å². The standard InChI is InChI=1S/C19H13BrN4O2S/c1-26-15-8-7-13(20)9-12(15)10-14-16(21)24-19(22-17(14)25)27-18(23-24)11-5-3-2-4-6-11/h2-10,21H,1H3/b14-10-,21-16?. The maximum absolute atomic E-state index is 12.5. The summed E-state index contributed by atoms with van der Waals surface area (Å²) in [7, 11) is 1.56. The Morgan fingerprint density at radius 3 is 2.74 bits per heavy atom. The van der Waals surface area contributed by atoms with Crippen LogP contribution in [-0.2, 0) is 4.79 Å². The lowest BCUT2D eigenvalue weighted by atomic mass is 10.1. The van der Waals surface area contributed by atoms with Crippen molar-refractivity contribution in [1.29, 1.82) is 5.41 Å². The van der Waals surface area contributed by atoms with E-state index in [4.69, 9.17) is 10.1 Å². The molecule has 2 aliphatic rings. The molecule has 0 saturated heterocycles. The number of benzene rings is 2. The number of methoxy groups -OCH3 is 1. The maximum atomic E-state index is 12.5. The van der Waals surface area contributed by atoms with Gasteiger partial charge in [0.1, 0.15) is 10.8 Å². The van der Waals surface area contributed by atoms with E-state index in [0.29, 0.717) is 21.5 Å². The van der Waals surface area contributed by atoms with E-state index >= 15 is 0 Å². The minimum absolute atomic E-state index is 0.00883. The van der Waals surface area contributed by atoms with Crippen molar-refractivity contribution in [3.8, 4) is 5.75 Å². The molecule has 0 saturated carbocycles. The molecule has 0 fully saturated rings. The number of carbonyl (C=O) groups excluding carboxylic acids is 1. The zero-order valence-electron chi connectivity index (χ0n) is 14.1. The minimum atomic E-state index is -0.467. The molecule has 6 nitrogen and oxygen atoms in total. The van der Waals surface area contributed by atoms with Crippen LogP contribution in [0.3, 0.4) is 0 Å². The third-order valence-electron chi connectivity index (χ3n) is 3.97. The van der Waals surface area contributed by atoms with Gasteiger partial charge in [-0.15, -0.1) is 0 Å². The number of hydrogen-bond donors (Lipinski definition) is 1. The fraction of sp³-hybridized carbons (Fsp3) is 0.0526. The molecule has 134 valence electrons. The average Bonchev–Trinajstić information content (AvgIpc) is 3.10. The number of ether oxygens (including phenoxy) is 1. The van der Waals surface area contributed by atoms with Crippen molar-refractivity contribution in [1.82, 2.24) is 5.01 Å². The van der Waals surface area contributed by atoms with Crippen LogP contribution in [-0.4, -0.2) is 34.1 Å². The Labute approximate surface area is 168 Å². The molecule has 2 heterocycles. The van der Waals surface area contributed by atoms with E-state index in [1.807, 2.05) is 42.5 Å². The first kappa shape index (κ1) is 17.7. The molecule has 0 atom stereocenters. The Balaban J connectivity index is 1.73. The fourth-order valence-electron chi connectivity index (χ4n) is 2.66. The van der Waals surface area contributed by atoms with Crippen LogP contribution >= 0.6 is 27.7 Å². The topological polar surface area (TPSA) is 78.1 Å². The summed E-state index contributed by atoms with van der Waals surface area (Å²) >= 11 is 4.69. The number of amidine groups is 2. The summed E-state index contributed by atoms with van der Waals surface area (Å²) in [5.74, 6) is 0.126. The van der Waals surface area contributed by atoms with E-state index < -0.39 is 5.91 Å². The highest BCUT2D eigenvalue weighted by Crippen LogP contribution is 2.32. The Hall–Kier alpha value is -2.71. The molecule has 0 radical (unpaired) electrons. The van der Waals surface area contributed by atoms with Gasteiger partial charge in [-0.2, -0.15) is 15.1 Å². The molecular weight excluding hydrogens is 428 g/mol. The second-order valence-corrected chi connectivity index (χ2v) is 7.55. The van der Waals surface area contributed by atoms with Crippen LogP contribution in [0.25, 0.3) is 6.08 Å². The van der Waals surface area contributed by atoms with E-state index in [2.05, 4.69) is 26.0 Å². The molecule has 0 spiro atoms. The molecule has 2 aromatic carbocycles. The third-order valence-corrected chi connectivity index (χ3v) is 5.42. The summed E-state index contributed by atoms with van der Waals surface area (Å²) in [6.07, 6.45) is 1.61. The number of amides is 1. The molecule has 1 N–H and O–H groups in total. The molecule has 2 aromatic rings. The van der Waals surface area contributed by atoms with Gasteiger partial charge in [-0.05, 0) is 36.0 Å². The predicted molar refractivity (Wildman–Crippen MR) is 111 cm³/mol. The summed E-state index contributed by atoms with van der Waals surface area (Å²) in [5.41, 5.74) is 1.76. The molecule has 0 aromatic heterocycles. The largest absolute Gasteiger partial charge is 0.496 e. The van der Waals surface area contributed by atoms with Crippen molar-refractivity contribution in [3.05, 3.63) is 69.7 Å².